The van der Waals surface area contributed by atoms with Crippen LogP contribution in [-0.2, 0) is 10.0 Å². The molecule has 0 saturated heterocycles. The van der Waals surface area contributed by atoms with Gasteiger partial charge in [0, 0.05) is 10.5 Å². The number of rotatable bonds is 6. The van der Waals surface area contributed by atoms with E-state index in [1.807, 2.05) is 0 Å². The van der Waals surface area contributed by atoms with E-state index in [-0.39, 0.29) is 21.9 Å². The second-order valence-corrected chi connectivity index (χ2v) is 7.63. The Balaban J connectivity index is 2.52. The minimum Gasteiger partial charge on any atom is -0.493 e. The lowest BCUT2D eigenvalue weighted by molar-refractivity contribution is 0.0698. The van der Waals surface area contributed by atoms with Gasteiger partial charge in [-0.15, -0.1) is 0 Å². The Morgan fingerprint density at radius 2 is 1.76 bits per heavy atom. The maximum atomic E-state index is 12.7. The Morgan fingerprint density at radius 3 is 2.32 bits per heavy atom. The Bertz CT molecular complexity index is 926. The van der Waals surface area contributed by atoms with E-state index in [9.17, 15) is 18.3 Å². The van der Waals surface area contributed by atoms with Gasteiger partial charge < -0.3 is 14.6 Å². The molecule has 0 unspecified atom stereocenters. The molecule has 7 nitrogen and oxygen atoms in total. The van der Waals surface area contributed by atoms with Crippen LogP contribution in [0.15, 0.2) is 39.7 Å². The van der Waals surface area contributed by atoms with Crippen molar-refractivity contribution in [2.45, 2.75) is 11.8 Å². The number of aryl methyl sites for hydroxylation is 1. The van der Waals surface area contributed by atoms with Crippen molar-refractivity contribution in [2.24, 2.45) is 0 Å². The van der Waals surface area contributed by atoms with Crippen molar-refractivity contribution in [3.63, 3.8) is 0 Å². The number of benzene rings is 2. The van der Waals surface area contributed by atoms with E-state index in [1.165, 1.54) is 38.5 Å². The molecule has 2 rings (SSSR count). The Morgan fingerprint density at radius 1 is 1.12 bits per heavy atom. The Kier molecular flexibility index (Phi) is 5.58. The minimum absolute atomic E-state index is 0.0483. The highest BCUT2D eigenvalue weighted by molar-refractivity contribution is 9.10. The van der Waals surface area contributed by atoms with Crippen LogP contribution in [0.1, 0.15) is 15.9 Å². The molecule has 0 aliphatic carbocycles. The highest BCUT2D eigenvalue weighted by Gasteiger charge is 2.22. The van der Waals surface area contributed by atoms with E-state index in [0.29, 0.717) is 15.8 Å². The summed E-state index contributed by atoms with van der Waals surface area (Å²) < 4.78 is 38.1. The molecular weight excluding hydrogens is 414 g/mol. The van der Waals surface area contributed by atoms with Gasteiger partial charge in [0.15, 0.2) is 11.5 Å². The van der Waals surface area contributed by atoms with E-state index >= 15 is 0 Å². The second kappa shape index (κ2) is 7.32. The van der Waals surface area contributed by atoms with Crippen LogP contribution in [0.3, 0.4) is 0 Å². The van der Waals surface area contributed by atoms with E-state index < -0.39 is 16.0 Å². The summed E-state index contributed by atoms with van der Waals surface area (Å²) in [6.45, 7) is 1.71. The van der Waals surface area contributed by atoms with Crippen LogP contribution in [0.2, 0.25) is 0 Å². The van der Waals surface area contributed by atoms with Gasteiger partial charge in [-0.25, -0.2) is 13.2 Å². The lowest BCUT2D eigenvalue weighted by Gasteiger charge is -2.15. The van der Waals surface area contributed by atoms with Crippen LogP contribution in [0.4, 0.5) is 5.69 Å². The fourth-order valence-electron chi connectivity index (χ4n) is 2.19. The molecule has 25 heavy (non-hydrogen) atoms. The minimum atomic E-state index is -4.04. The number of carboxylic acid groups (broad SMARTS) is 1. The molecule has 0 amide bonds. The van der Waals surface area contributed by atoms with E-state index in [1.54, 1.807) is 13.0 Å². The molecule has 134 valence electrons. The van der Waals surface area contributed by atoms with Crippen LogP contribution in [0, 0.1) is 6.92 Å². The van der Waals surface area contributed by atoms with E-state index in [2.05, 4.69) is 20.7 Å². The molecule has 0 aliphatic heterocycles. The SMILES string of the molecule is COc1ccc(S(=O)(=O)Nc2c(Br)cc(C)cc2C(=O)O)cc1OC. The van der Waals surface area contributed by atoms with Crippen molar-refractivity contribution >= 4 is 37.6 Å². The number of methoxy groups -OCH3 is 2. The van der Waals surface area contributed by atoms with Crippen molar-refractivity contribution in [2.75, 3.05) is 18.9 Å². The van der Waals surface area contributed by atoms with Crippen LogP contribution in [-0.4, -0.2) is 33.7 Å². The average Bonchev–Trinajstić information content (AvgIpc) is 2.56. The summed E-state index contributed by atoms with van der Waals surface area (Å²) in [6, 6.07) is 7.10. The zero-order valence-corrected chi connectivity index (χ0v) is 16.1. The third kappa shape index (κ3) is 4.05. The fraction of sp³-hybridized carbons (Fsp3) is 0.188. The van der Waals surface area contributed by atoms with Crippen LogP contribution in [0.25, 0.3) is 0 Å². The molecule has 9 heteroatoms. The van der Waals surface area contributed by atoms with Gasteiger partial charge in [0.25, 0.3) is 10.0 Å². The van der Waals surface area contributed by atoms with Gasteiger partial charge in [0.05, 0.1) is 30.4 Å². The predicted molar refractivity (Wildman–Crippen MR) is 96.2 cm³/mol. The van der Waals surface area contributed by atoms with Gasteiger partial charge in [-0.3, -0.25) is 4.72 Å². The normalized spacial score (nSPS) is 11.0. The predicted octanol–water partition coefficient (Wildman–Crippen LogP) is 3.27. The van der Waals surface area contributed by atoms with Crippen molar-refractivity contribution < 1.29 is 27.8 Å². The number of ether oxygens (including phenoxy) is 2. The standard InChI is InChI=1S/C16H16BrNO6S/c1-9-6-11(16(19)20)15(12(17)7-9)18-25(21,22)10-4-5-13(23-2)14(8-10)24-3/h4-8,18H,1-3H3,(H,19,20). The first kappa shape index (κ1) is 19.1. The van der Waals surface area contributed by atoms with Gasteiger partial charge >= 0.3 is 5.97 Å². The number of hydrogen-bond donors (Lipinski definition) is 2. The summed E-state index contributed by atoms with van der Waals surface area (Å²) in [4.78, 5) is 11.4. The molecule has 2 aromatic carbocycles. The van der Waals surface area contributed by atoms with Gasteiger partial charge in [0.1, 0.15) is 0 Å². The summed E-state index contributed by atoms with van der Waals surface area (Å²) in [6.07, 6.45) is 0. The molecule has 0 spiro atoms. The monoisotopic (exact) mass is 429 g/mol. The molecule has 0 saturated carbocycles. The number of sulfonamides is 1. The van der Waals surface area contributed by atoms with Gasteiger partial charge in [-0.2, -0.15) is 0 Å². The molecule has 0 heterocycles. The number of carbonyl (C=O) groups is 1. The Hall–Kier alpha value is -2.26. The molecule has 0 fully saturated rings. The van der Waals surface area contributed by atoms with Crippen molar-refractivity contribution in [1.82, 2.24) is 0 Å². The van der Waals surface area contributed by atoms with Crippen LogP contribution >= 0.6 is 15.9 Å². The first-order chi connectivity index (χ1) is 11.7. The highest BCUT2D eigenvalue weighted by Crippen LogP contribution is 2.33. The molecule has 0 aromatic heterocycles. The van der Waals surface area contributed by atoms with Gasteiger partial charge in [-0.05, 0) is 52.7 Å². The van der Waals surface area contributed by atoms with Gasteiger partial charge in [0.2, 0.25) is 0 Å². The van der Waals surface area contributed by atoms with Crippen molar-refractivity contribution in [3.8, 4) is 11.5 Å². The number of hydrogen-bond acceptors (Lipinski definition) is 5. The maximum absolute atomic E-state index is 12.7. The third-order valence-corrected chi connectivity index (χ3v) is 5.34. The maximum Gasteiger partial charge on any atom is 0.337 e. The lowest BCUT2D eigenvalue weighted by atomic mass is 10.1. The van der Waals surface area contributed by atoms with Crippen LogP contribution < -0.4 is 14.2 Å². The largest absolute Gasteiger partial charge is 0.493 e. The number of nitrogens with one attached hydrogen (secondary N) is 1. The van der Waals surface area contributed by atoms with Gasteiger partial charge in [-0.1, -0.05) is 0 Å². The number of anilines is 1. The van der Waals surface area contributed by atoms with E-state index in [4.69, 9.17) is 9.47 Å². The molecule has 0 atom stereocenters. The highest BCUT2D eigenvalue weighted by atomic mass is 79.9. The van der Waals surface area contributed by atoms with Crippen LogP contribution in [0.5, 0.6) is 11.5 Å². The van der Waals surface area contributed by atoms with Crippen molar-refractivity contribution in [1.29, 1.82) is 0 Å². The molecule has 0 aliphatic rings. The number of aromatic carboxylic acids is 1. The van der Waals surface area contributed by atoms with E-state index in [0.717, 1.165) is 0 Å². The first-order valence-corrected chi connectivity index (χ1v) is 9.25. The lowest BCUT2D eigenvalue weighted by Crippen LogP contribution is -2.16. The zero-order valence-electron chi connectivity index (χ0n) is 13.7. The Labute approximate surface area is 153 Å². The smallest absolute Gasteiger partial charge is 0.337 e. The quantitative estimate of drug-likeness (QED) is 0.730. The average molecular weight is 430 g/mol. The molecule has 2 N–H and O–H groups in total. The summed E-state index contributed by atoms with van der Waals surface area (Å²) in [5.41, 5.74) is 0.474. The number of halogens is 1. The zero-order chi connectivity index (χ0) is 18.8. The molecule has 2 aromatic rings. The number of carboxylic acids is 1. The topological polar surface area (TPSA) is 102 Å². The summed E-state index contributed by atoms with van der Waals surface area (Å²) in [5.74, 6) is -0.620. The van der Waals surface area contributed by atoms with Crippen molar-refractivity contribution in [3.05, 3.63) is 45.9 Å². The second-order valence-electron chi connectivity index (χ2n) is 5.10. The molecular formula is C16H16BrNO6S. The molecule has 0 bridgehead atoms. The first-order valence-electron chi connectivity index (χ1n) is 6.98. The third-order valence-electron chi connectivity index (χ3n) is 3.37. The summed E-state index contributed by atoms with van der Waals surface area (Å²) in [5, 5.41) is 9.34. The fourth-order valence-corrected chi connectivity index (χ4v) is 4.11. The molecule has 0 radical (unpaired) electrons. The summed E-state index contributed by atoms with van der Waals surface area (Å²) >= 11 is 3.21. The summed E-state index contributed by atoms with van der Waals surface area (Å²) in [7, 11) is -1.21.